The SMILES string of the molecule is C=C(CC)NCCc1ccc(N2CC3CCC(C2=C)N3C)s1.C=C/C=C/CN(C)C.C=Nc1cc(-c2ccc3c(ccn3C)c2)c(Cl)cc1NCCc1ccc(C)c(C(=C)NC(C)CC)c1.CC.CCC. The van der Waals surface area contributed by atoms with Crippen LogP contribution in [0.5, 0.6) is 0 Å². The van der Waals surface area contributed by atoms with Gasteiger partial charge in [0, 0.05) is 102 Å². The van der Waals surface area contributed by atoms with Gasteiger partial charge in [0.05, 0.1) is 21.4 Å². The van der Waals surface area contributed by atoms with Crippen LogP contribution >= 0.6 is 22.9 Å². The molecule has 2 aliphatic heterocycles. The van der Waals surface area contributed by atoms with Gasteiger partial charge in [0.2, 0.25) is 0 Å². The van der Waals surface area contributed by atoms with E-state index >= 15 is 0 Å². The molecule has 0 radical (unpaired) electrons. The molecule has 0 saturated carbocycles. The van der Waals surface area contributed by atoms with Crippen molar-refractivity contribution in [1.29, 1.82) is 0 Å². The highest BCUT2D eigenvalue weighted by molar-refractivity contribution is 7.16. The third-order valence-corrected chi connectivity index (χ3v) is 14.1. The zero-order chi connectivity index (χ0) is 52.6. The van der Waals surface area contributed by atoms with Crippen molar-refractivity contribution in [3.63, 3.8) is 0 Å². The lowest BCUT2D eigenvalue weighted by Gasteiger charge is -2.41. The van der Waals surface area contributed by atoms with Crippen molar-refractivity contribution in [2.45, 2.75) is 118 Å². The Morgan fingerprint density at radius 3 is 2.35 bits per heavy atom. The Labute approximate surface area is 440 Å². The molecule has 2 saturated heterocycles. The standard InChI is InChI=1S/C31H35ClN4.C18H27N3S.C7H13N.C3H8.C2H6/c1-7-21(3)35-22(4)26-16-23(9-8-20(26)2)12-14-34-30-19-28(32)27(18-29(30)33-5)24-10-11-31-25(17-24)13-15-36(31)6;1-5-13(2)19-11-10-16-7-9-18(22-16)21-12-15-6-8-17(14(21)3)20(15)4;1-4-5-6-7-8(2)3;1-3-2;1-2/h8-11,13,15-19,21,34-35H,4-5,7,12,14H2,1-3,6H3;7,9,15,17,19H,2-3,5-6,8,10-12H2,1,4H3;4-6H,1,7H2,2-3H3;3H2,1-2H3;1-2H3/b;;6-5+;;. The Morgan fingerprint density at radius 2 is 1.69 bits per heavy atom. The Balaban J connectivity index is 0.000000321. The van der Waals surface area contributed by atoms with Crippen LogP contribution in [0.4, 0.5) is 16.4 Å². The summed E-state index contributed by atoms with van der Waals surface area (Å²) < 4.78 is 2.11. The van der Waals surface area contributed by atoms with Gasteiger partial charge >= 0.3 is 0 Å². The number of hydrogen-bond donors (Lipinski definition) is 3. The largest absolute Gasteiger partial charge is 0.388 e. The van der Waals surface area contributed by atoms with Crippen molar-refractivity contribution in [2.24, 2.45) is 12.0 Å². The third-order valence-electron chi connectivity index (χ3n) is 12.6. The van der Waals surface area contributed by atoms with Crippen LogP contribution in [0.25, 0.3) is 27.7 Å². The number of benzene rings is 3. The van der Waals surface area contributed by atoms with Crippen molar-refractivity contribution in [2.75, 3.05) is 57.5 Å². The van der Waals surface area contributed by atoms with Gasteiger partial charge < -0.3 is 30.3 Å². The van der Waals surface area contributed by atoms with Crippen molar-refractivity contribution in [3.8, 4) is 11.1 Å². The summed E-state index contributed by atoms with van der Waals surface area (Å²) in [6.07, 6.45) is 15.7. The smallest absolute Gasteiger partial charge is 0.0954 e. The van der Waals surface area contributed by atoms with Crippen molar-refractivity contribution < 1.29 is 0 Å². The molecule has 3 N–H and O–H groups in total. The summed E-state index contributed by atoms with van der Waals surface area (Å²) in [7, 11) is 8.37. The predicted octanol–water partition coefficient (Wildman–Crippen LogP) is 15.5. The maximum absolute atomic E-state index is 6.75. The van der Waals surface area contributed by atoms with Gasteiger partial charge in [0.15, 0.2) is 0 Å². The minimum absolute atomic E-state index is 0.398. The lowest BCUT2D eigenvalue weighted by Crippen LogP contribution is -2.49. The molecule has 71 heavy (non-hydrogen) atoms. The van der Waals surface area contributed by atoms with E-state index in [1.54, 1.807) is 6.08 Å². The second kappa shape index (κ2) is 31.2. The van der Waals surface area contributed by atoms with E-state index in [-0.39, 0.29) is 0 Å². The van der Waals surface area contributed by atoms with Crippen molar-refractivity contribution in [3.05, 3.63) is 155 Å². The molecular weight excluding hydrogens is 912 g/mol. The van der Waals surface area contributed by atoms with Gasteiger partial charge in [-0.2, -0.15) is 0 Å². The highest BCUT2D eigenvalue weighted by atomic mass is 35.5. The van der Waals surface area contributed by atoms with Crippen LogP contribution in [0.3, 0.4) is 0 Å². The summed E-state index contributed by atoms with van der Waals surface area (Å²) in [6, 6.07) is 25.2. The number of likely N-dealkylation sites (N-methyl/N-ethyl adjacent to an activating group) is 2. The maximum atomic E-state index is 6.75. The molecule has 8 nitrogen and oxygen atoms in total. The number of rotatable bonds is 19. The highest BCUT2D eigenvalue weighted by Gasteiger charge is 2.40. The fraction of sp³-hybridized carbons (Fsp3) is 0.426. The average molecular weight is 1000 g/mol. The number of thiophene rings is 1. The number of anilines is 2. The minimum Gasteiger partial charge on any atom is -0.388 e. The normalized spacial score (nSPS) is 15.3. The number of piperazine rings is 1. The van der Waals surface area contributed by atoms with Crippen molar-refractivity contribution >= 4 is 62.6 Å². The molecule has 3 unspecified atom stereocenters. The van der Waals surface area contributed by atoms with E-state index in [1.165, 1.54) is 62.4 Å². The van der Waals surface area contributed by atoms with Crippen LogP contribution in [-0.2, 0) is 19.9 Å². The topological polar surface area (TPSA) is 63.1 Å². The van der Waals surface area contributed by atoms with Gasteiger partial charge in [-0.3, -0.25) is 9.89 Å². The summed E-state index contributed by atoms with van der Waals surface area (Å²) in [5.41, 5.74) is 11.9. The van der Waals surface area contributed by atoms with Crippen LogP contribution in [0.15, 0.2) is 134 Å². The summed E-state index contributed by atoms with van der Waals surface area (Å²) >= 11 is 8.66. The Bertz CT molecular complexity index is 2490. The second-order valence-corrected chi connectivity index (χ2v) is 20.0. The van der Waals surface area contributed by atoms with E-state index in [4.69, 9.17) is 11.6 Å². The maximum Gasteiger partial charge on any atom is 0.0954 e. The van der Waals surface area contributed by atoms with Gasteiger partial charge in [0.25, 0.3) is 0 Å². The van der Waals surface area contributed by atoms with E-state index in [1.807, 2.05) is 64.5 Å². The Kier molecular flexibility index (Phi) is 26.4. The lowest BCUT2D eigenvalue weighted by molar-refractivity contribution is 0.239. The molecule has 10 heteroatoms. The molecule has 2 aromatic heterocycles. The second-order valence-electron chi connectivity index (χ2n) is 18.5. The van der Waals surface area contributed by atoms with Crippen LogP contribution in [0, 0.1) is 6.92 Å². The van der Waals surface area contributed by atoms with Gasteiger partial charge in [-0.25, -0.2) is 0 Å². The molecule has 2 aliphatic rings. The molecule has 2 fully saturated rings. The summed E-state index contributed by atoms with van der Waals surface area (Å²) in [5.74, 6) is 0. The molecule has 7 rings (SSSR count). The van der Waals surface area contributed by atoms with Gasteiger partial charge in [-0.15, -0.1) is 11.3 Å². The molecule has 3 aromatic carbocycles. The summed E-state index contributed by atoms with van der Waals surface area (Å²) in [6.45, 7) is 40.6. The molecule has 3 atom stereocenters. The number of nitrogens with one attached hydrogen (secondary N) is 3. The number of aromatic nitrogens is 1. The first-order valence-corrected chi connectivity index (χ1v) is 27.0. The fourth-order valence-electron chi connectivity index (χ4n) is 8.35. The number of allylic oxidation sites excluding steroid dienone is 3. The average Bonchev–Trinajstić information content (AvgIpc) is 4.06. The van der Waals surface area contributed by atoms with Gasteiger partial charge in [-0.1, -0.05) is 122 Å². The van der Waals surface area contributed by atoms with Crippen LogP contribution in [-0.4, -0.2) is 86.5 Å². The number of hydrogen-bond acceptors (Lipinski definition) is 8. The van der Waals surface area contributed by atoms with E-state index in [2.05, 4.69) is 189 Å². The molecule has 0 amide bonds. The Morgan fingerprint density at radius 1 is 0.958 bits per heavy atom. The third kappa shape index (κ3) is 18.0. The monoisotopic (exact) mass is 1000 g/mol. The number of aliphatic imine (C=N–C) groups is 1. The molecule has 4 heterocycles. The van der Waals surface area contributed by atoms with Gasteiger partial charge in [-0.05, 0) is 145 Å². The minimum atomic E-state index is 0.398. The van der Waals surface area contributed by atoms with E-state index in [9.17, 15) is 0 Å². The molecule has 386 valence electrons. The number of halogens is 1. The van der Waals surface area contributed by atoms with Crippen LogP contribution in [0.1, 0.15) is 102 Å². The number of fused-ring (bicyclic) bond motifs is 3. The van der Waals surface area contributed by atoms with Crippen molar-refractivity contribution in [1.82, 2.24) is 25.0 Å². The fourth-order valence-corrected chi connectivity index (χ4v) is 9.67. The zero-order valence-electron chi connectivity index (χ0n) is 45.7. The molecule has 5 aromatic rings. The molecular formula is C61H89ClN8S. The highest BCUT2D eigenvalue weighted by Crippen LogP contribution is 2.40. The molecule has 0 spiro atoms. The molecule has 2 bridgehead atoms. The summed E-state index contributed by atoms with van der Waals surface area (Å²) in [5, 5.41) is 13.6. The first-order chi connectivity index (χ1) is 34.1. The van der Waals surface area contributed by atoms with E-state index in [0.29, 0.717) is 23.1 Å². The first kappa shape index (κ1) is 60.0. The predicted molar refractivity (Wildman–Crippen MR) is 320 cm³/mol. The zero-order valence-corrected chi connectivity index (χ0v) is 47.3. The van der Waals surface area contributed by atoms with E-state index in [0.717, 1.165) is 85.8 Å². The first-order valence-electron chi connectivity index (χ1n) is 25.8. The quantitative estimate of drug-likeness (QED) is 0.0566. The van der Waals surface area contributed by atoms with E-state index < -0.39 is 0 Å². The van der Waals surface area contributed by atoms with Gasteiger partial charge in [0.1, 0.15) is 0 Å². The summed E-state index contributed by atoms with van der Waals surface area (Å²) in [4.78, 5) is 12.8. The lowest BCUT2D eigenvalue weighted by atomic mass is 10.0. The van der Waals surface area contributed by atoms with Crippen LogP contribution in [0.2, 0.25) is 5.02 Å². The number of nitrogens with zero attached hydrogens (tertiary/aromatic N) is 5. The molecule has 0 aliphatic carbocycles. The number of aryl methyl sites for hydroxylation is 2. The van der Waals surface area contributed by atoms with Crippen LogP contribution < -0.4 is 20.9 Å². The Hall–Kier alpha value is -5.32.